The van der Waals surface area contributed by atoms with Crippen LogP contribution in [-0.4, -0.2) is 15.7 Å². The highest BCUT2D eigenvalue weighted by Gasteiger charge is 2.34. The molecule has 0 aromatic carbocycles. The molecule has 2 nitrogen and oxygen atoms in total. The predicted molar refractivity (Wildman–Crippen MR) is 77.4 cm³/mol. The summed E-state index contributed by atoms with van der Waals surface area (Å²) in [6.07, 6.45) is 6.60. The summed E-state index contributed by atoms with van der Waals surface area (Å²) in [5.74, 6) is 1.52. The molecule has 0 radical (unpaired) electrons. The van der Waals surface area contributed by atoms with Crippen LogP contribution in [0.1, 0.15) is 45.2 Å². The monoisotopic (exact) mass is 311 g/mol. The second-order valence-corrected chi connectivity index (χ2v) is 6.87. The highest BCUT2D eigenvalue weighted by atomic mass is 79.9. The third-order valence-corrected chi connectivity index (χ3v) is 4.67. The van der Waals surface area contributed by atoms with Gasteiger partial charge < -0.3 is 5.11 Å². The summed E-state index contributed by atoms with van der Waals surface area (Å²) in [6, 6.07) is 3.99. The first-order valence-corrected chi connectivity index (χ1v) is 7.61. The summed E-state index contributed by atoms with van der Waals surface area (Å²) in [4.78, 5) is 4.36. The van der Waals surface area contributed by atoms with E-state index in [2.05, 4.69) is 34.8 Å². The van der Waals surface area contributed by atoms with E-state index in [9.17, 15) is 5.11 Å². The lowest BCUT2D eigenvalue weighted by molar-refractivity contribution is -0.0153. The van der Waals surface area contributed by atoms with Crippen LogP contribution in [-0.2, 0) is 6.42 Å². The zero-order valence-electron chi connectivity index (χ0n) is 11.2. The smallest absolute Gasteiger partial charge is 0.0703 e. The zero-order valence-corrected chi connectivity index (χ0v) is 12.8. The number of pyridine rings is 1. The fraction of sp³-hybridized carbons (Fsp3) is 0.667. The van der Waals surface area contributed by atoms with Gasteiger partial charge in [-0.2, -0.15) is 0 Å². The maximum Gasteiger partial charge on any atom is 0.0703 e. The molecule has 3 heteroatoms. The molecule has 1 saturated carbocycles. The SMILES string of the molecule is CC(C)C1CCC(O)(Cc2ccc(Br)cn2)CC1. The van der Waals surface area contributed by atoms with E-state index in [1.54, 1.807) is 6.20 Å². The van der Waals surface area contributed by atoms with Gasteiger partial charge in [0.25, 0.3) is 0 Å². The highest BCUT2D eigenvalue weighted by molar-refractivity contribution is 9.10. The van der Waals surface area contributed by atoms with Gasteiger partial charge in [0.05, 0.1) is 5.60 Å². The average Bonchev–Trinajstić information content (AvgIpc) is 2.32. The summed E-state index contributed by atoms with van der Waals surface area (Å²) in [5, 5.41) is 10.6. The molecule has 1 fully saturated rings. The Labute approximate surface area is 118 Å². The van der Waals surface area contributed by atoms with Crippen molar-refractivity contribution in [3.8, 4) is 0 Å². The lowest BCUT2D eigenvalue weighted by Crippen LogP contribution is -2.37. The van der Waals surface area contributed by atoms with E-state index < -0.39 is 5.60 Å². The third kappa shape index (κ3) is 3.55. The van der Waals surface area contributed by atoms with Crippen molar-refractivity contribution >= 4 is 15.9 Å². The number of aromatic nitrogens is 1. The number of rotatable bonds is 3. The van der Waals surface area contributed by atoms with Crippen LogP contribution in [0.5, 0.6) is 0 Å². The topological polar surface area (TPSA) is 33.1 Å². The van der Waals surface area contributed by atoms with Gasteiger partial charge in [-0.25, -0.2) is 0 Å². The van der Waals surface area contributed by atoms with E-state index >= 15 is 0 Å². The standard InChI is InChI=1S/C15H22BrNO/c1-11(2)12-5-7-15(18,8-6-12)9-14-4-3-13(16)10-17-14/h3-4,10-12,18H,5-9H2,1-2H3. The number of halogens is 1. The number of hydrogen-bond donors (Lipinski definition) is 1. The second-order valence-electron chi connectivity index (χ2n) is 5.95. The Hall–Kier alpha value is -0.410. The molecule has 2 rings (SSSR count). The van der Waals surface area contributed by atoms with Gasteiger partial charge in [0, 0.05) is 22.8 Å². The molecular weight excluding hydrogens is 290 g/mol. The molecular formula is C15H22BrNO. The molecule has 18 heavy (non-hydrogen) atoms. The van der Waals surface area contributed by atoms with E-state index in [0.717, 1.165) is 47.7 Å². The molecule has 1 heterocycles. The van der Waals surface area contributed by atoms with Gasteiger partial charge >= 0.3 is 0 Å². The predicted octanol–water partition coefficient (Wildman–Crippen LogP) is 3.96. The van der Waals surface area contributed by atoms with Crippen molar-refractivity contribution in [2.75, 3.05) is 0 Å². The molecule has 0 saturated heterocycles. The van der Waals surface area contributed by atoms with Crippen LogP contribution < -0.4 is 0 Å². The molecule has 1 aromatic rings. The molecule has 1 aliphatic carbocycles. The van der Waals surface area contributed by atoms with Crippen molar-refractivity contribution in [1.82, 2.24) is 4.98 Å². The van der Waals surface area contributed by atoms with E-state index in [0.29, 0.717) is 6.42 Å². The Morgan fingerprint density at radius 2 is 2.06 bits per heavy atom. The Balaban J connectivity index is 1.95. The average molecular weight is 312 g/mol. The summed E-state index contributed by atoms with van der Waals surface area (Å²) in [7, 11) is 0. The van der Waals surface area contributed by atoms with Gasteiger partial charge in [-0.15, -0.1) is 0 Å². The lowest BCUT2D eigenvalue weighted by atomic mass is 9.73. The van der Waals surface area contributed by atoms with Gasteiger partial charge in [0.2, 0.25) is 0 Å². The van der Waals surface area contributed by atoms with Gasteiger partial charge in [-0.05, 0) is 65.6 Å². The number of nitrogens with zero attached hydrogens (tertiary/aromatic N) is 1. The molecule has 100 valence electrons. The first kappa shape index (κ1) is 14.0. The van der Waals surface area contributed by atoms with Gasteiger partial charge in [-0.1, -0.05) is 13.8 Å². The van der Waals surface area contributed by atoms with E-state index in [-0.39, 0.29) is 0 Å². The molecule has 1 aliphatic rings. The first-order valence-electron chi connectivity index (χ1n) is 6.81. The Morgan fingerprint density at radius 3 is 2.56 bits per heavy atom. The molecule has 0 aliphatic heterocycles. The van der Waals surface area contributed by atoms with E-state index in [1.165, 1.54) is 0 Å². The Kier molecular flexibility index (Phi) is 4.44. The van der Waals surface area contributed by atoms with Crippen LogP contribution in [0, 0.1) is 11.8 Å². The van der Waals surface area contributed by atoms with Crippen LogP contribution in [0.3, 0.4) is 0 Å². The van der Waals surface area contributed by atoms with Crippen molar-refractivity contribution < 1.29 is 5.11 Å². The van der Waals surface area contributed by atoms with Crippen LogP contribution in [0.2, 0.25) is 0 Å². The summed E-state index contributed by atoms with van der Waals surface area (Å²) in [5.41, 5.74) is 0.454. The highest BCUT2D eigenvalue weighted by Crippen LogP contribution is 2.37. The molecule has 0 spiro atoms. The van der Waals surface area contributed by atoms with Crippen molar-refractivity contribution in [2.45, 2.75) is 51.6 Å². The quantitative estimate of drug-likeness (QED) is 0.916. The Bertz CT molecular complexity index is 380. The minimum Gasteiger partial charge on any atom is -0.389 e. The molecule has 0 bridgehead atoms. The lowest BCUT2D eigenvalue weighted by Gasteiger charge is -2.37. The summed E-state index contributed by atoms with van der Waals surface area (Å²) in [6.45, 7) is 4.57. The minimum absolute atomic E-state index is 0.535. The fourth-order valence-electron chi connectivity index (χ4n) is 2.87. The maximum atomic E-state index is 10.6. The number of hydrogen-bond acceptors (Lipinski definition) is 2. The Morgan fingerprint density at radius 1 is 1.39 bits per heavy atom. The minimum atomic E-state index is -0.535. The molecule has 0 amide bonds. The molecule has 0 atom stereocenters. The van der Waals surface area contributed by atoms with Gasteiger partial charge in [0.1, 0.15) is 0 Å². The van der Waals surface area contributed by atoms with Gasteiger partial charge in [-0.3, -0.25) is 4.98 Å². The van der Waals surface area contributed by atoms with Crippen LogP contribution in [0.25, 0.3) is 0 Å². The van der Waals surface area contributed by atoms with E-state index in [4.69, 9.17) is 0 Å². The first-order chi connectivity index (χ1) is 8.48. The van der Waals surface area contributed by atoms with Gasteiger partial charge in [0.15, 0.2) is 0 Å². The molecule has 1 N–H and O–H groups in total. The number of aliphatic hydroxyl groups is 1. The summed E-state index contributed by atoms with van der Waals surface area (Å²) >= 11 is 3.38. The van der Waals surface area contributed by atoms with Crippen molar-refractivity contribution in [3.05, 3.63) is 28.5 Å². The largest absolute Gasteiger partial charge is 0.389 e. The zero-order chi connectivity index (χ0) is 13.2. The van der Waals surface area contributed by atoms with Crippen molar-refractivity contribution in [1.29, 1.82) is 0 Å². The molecule has 1 aromatic heterocycles. The second kappa shape index (κ2) is 5.70. The normalized spacial score (nSPS) is 28.6. The fourth-order valence-corrected chi connectivity index (χ4v) is 3.10. The van der Waals surface area contributed by atoms with E-state index in [1.807, 2.05) is 12.1 Å². The van der Waals surface area contributed by atoms with Crippen molar-refractivity contribution in [2.24, 2.45) is 11.8 Å². The summed E-state index contributed by atoms with van der Waals surface area (Å²) < 4.78 is 0.988. The van der Waals surface area contributed by atoms with Crippen LogP contribution in [0.4, 0.5) is 0 Å². The van der Waals surface area contributed by atoms with Crippen LogP contribution in [0.15, 0.2) is 22.8 Å². The van der Waals surface area contributed by atoms with Crippen molar-refractivity contribution in [3.63, 3.8) is 0 Å². The molecule has 0 unspecified atom stereocenters. The third-order valence-electron chi connectivity index (χ3n) is 4.20. The maximum absolute atomic E-state index is 10.6. The van der Waals surface area contributed by atoms with Crippen LogP contribution >= 0.6 is 15.9 Å².